The smallest absolute Gasteiger partial charge is 0.145 e. The van der Waals surface area contributed by atoms with Crippen LogP contribution in [-0.2, 0) is 0 Å². The van der Waals surface area contributed by atoms with Crippen LogP contribution in [0.5, 0.6) is 0 Å². The lowest BCUT2D eigenvalue weighted by atomic mass is 10.3. The Morgan fingerprint density at radius 2 is 2.06 bits per heavy atom. The summed E-state index contributed by atoms with van der Waals surface area (Å²) in [4.78, 5) is 8.79. The maximum atomic E-state index is 8.69. The number of hydrogen-bond acceptors (Lipinski definition) is 6. The van der Waals surface area contributed by atoms with Crippen LogP contribution in [0.4, 0.5) is 11.6 Å². The fourth-order valence-electron chi connectivity index (χ4n) is 1.61. The third kappa shape index (κ3) is 3.54. The summed E-state index contributed by atoms with van der Waals surface area (Å²) in [5, 5.41) is 11.9. The molecule has 6 heteroatoms. The van der Waals surface area contributed by atoms with Crippen molar-refractivity contribution in [2.45, 2.75) is 31.6 Å². The highest BCUT2D eigenvalue weighted by Gasteiger charge is 2.27. The molecule has 5 N–H and O–H groups in total. The lowest BCUT2D eigenvalue weighted by Crippen LogP contribution is -2.12. The van der Waals surface area contributed by atoms with Crippen LogP contribution in [-0.4, -0.2) is 28.2 Å². The number of aliphatic hydroxyl groups is 1. The summed E-state index contributed by atoms with van der Waals surface area (Å²) in [7, 11) is 0. The fourth-order valence-corrected chi connectivity index (χ4v) is 1.61. The SMILES string of the molecule is NNc1cc(NCCCCO)nc(C2CC2)n1. The third-order valence-corrected chi connectivity index (χ3v) is 2.72. The van der Waals surface area contributed by atoms with Gasteiger partial charge in [0.05, 0.1) is 0 Å². The number of anilines is 2. The Hall–Kier alpha value is -1.40. The van der Waals surface area contributed by atoms with E-state index in [0.29, 0.717) is 11.7 Å². The number of nitrogens with zero attached hydrogens (tertiary/aromatic N) is 2. The Bertz CT molecular complexity index is 367. The van der Waals surface area contributed by atoms with Crippen molar-refractivity contribution in [1.29, 1.82) is 0 Å². The van der Waals surface area contributed by atoms with Crippen molar-refractivity contribution in [1.82, 2.24) is 9.97 Å². The number of nitrogens with one attached hydrogen (secondary N) is 2. The highest BCUT2D eigenvalue weighted by atomic mass is 16.2. The molecule has 94 valence electrons. The topological polar surface area (TPSA) is 96.1 Å². The Labute approximate surface area is 101 Å². The molecule has 0 unspecified atom stereocenters. The summed E-state index contributed by atoms with van der Waals surface area (Å²) in [5.74, 6) is 8.19. The molecule has 0 aromatic carbocycles. The van der Waals surface area contributed by atoms with Gasteiger partial charge < -0.3 is 15.8 Å². The average molecular weight is 237 g/mol. The van der Waals surface area contributed by atoms with E-state index in [2.05, 4.69) is 20.7 Å². The van der Waals surface area contributed by atoms with E-state index in [4.69, 9.17) is 10.9 Å². The Morgan fingerprint density at radius 3 is 2.71 bits per heavy atom. The molecule has 6 nitrogen and oxygen atoms in total. The van der Waals surface area contributed by atoms with Crippen molar-refractivity contribution >= 4 is 11.6 Å². The Balaban J connectivity index is 1.97. The van der Waals surface area contributed by atoms with E-state index in [0.717, 1.165) is 43.9 Å². The second-order valence-electron chi connectivity index (χ2n) is 4.27. The van der Waals surface area contributed by atoms with Crippen molar-refractivity contribution in [3.05, 3.63) is 11.9 Å². The maximum absolute atomic E-state index is 8.69. The molecule has 1 aliphatic carbocycles. The van der Waals surface area contributed by atoms with Crippen LogP contribution in [0.15, 0.2) is 6.07 Å². The molecule has 1 aromatic rings. The van der Waals surface area contributed by atoms with Gasteiger partial charge in [0.25, 0.3) is 0 Å². The summed E-state index contributed by atoms with van der Waals surface area (Å²) >= 11 is 0. The first-order valence-electron chi connectivity index (χ1n) is 6.04. The van der Waals surface area contributed by atoms with Crippen molar-refractivity contribution in [2.24, 2.45) is 5.84 Å². The molecule has 1 aromatic heterocycles. The minimum Gasteiger partial charge on any atom is -0.396 e. The van der Waals surface area contributed by atoms with Gasteiger partial charge in [0, 0.05) is 25.1 Å². The standard InChI is InChI=1S/C11H19N5O/c12-16-10-7-9(13-5-1-2-6-17)14-11(15-10)8-3-4-8/h7-8,17H,1-6,12H2,(H2,13,14,15,16). The number of nitrogen functional groups attached to an aromatic ring is 1. The van der Waals surface area contributed by atoms with Gasteiger partial charge in [-0.05, 0) is 25.7 Å². The molecule has 1 saturated carbocycles. The van der Waals surface area contributed by atoms with Crippen molar-refractivity contribution in [3.8, 4) is 0 Å². The Morgan fingerprint density at radius 1 is 1.29 bits per heavy atom. The first-order chi connectivity index (χ1) is 8.33. The lowest BCUT2D eigenvalue weighted by Gasteiger charge is -2.09. The lowest BCUT2D eigenvalue weighted by molar-refractivity contribution is 0.286. The number of hydrogen-bond donors (Lipinski definition) is 4. The molecule has 0 spiro atoms. The zero-order valence-electron chi connectivity index (χ0n) is 9.82. The van der Waals surface area contributed by atoms with E-state index in [1.54, 1.807) is 6.07 Å². The van der Waals surface area contributed by atoms with Crippen LogP contribution in [0.25, 0.3) is 0 Å². The number of aliphatic hydroxyl groups excluding tert-OH is 1. The van der Waals surface area contributed by atoms with Crippen molar-refractivity contribution in [2.75, 3.05) is 23.9 Å². The first-order valence-corrected chi connectivity index (χ1v) is 6.04. The summed E-state index contributed by atoms with van der Waals surface area (Å²) in [6, 6.07) is 1.80. The quantitative estimate of drug-likeness (QED) is 0.318. The van der Waals surface area contributed by atoms with Crippen LogP contribution < -0.4 is 16.6 Å². The van der Waals surface area contributed by atoms with Crippen LogP contribution in [0.2, 0.25) is 0 Å². The molecule has 1 fully saturated rings. The Kier molecular flexibility index (Phi) is 4.11. The molecule has 0 amide bonds. The van der Waals surface area contributed by atoms with Gasteiger partial charge in [-0.2, -0.15) is 0 Å². The second kappa shape index (κ2) is 5.79. The molecule has 0 atom stereocenters. The summed E-state index contributed by atoms with van der Waals surface area (Å²) in [5.41, 5.74) is 2.56. The van der Waals surface area contributed by atoms with E-state index in [-0.39, 0.29) is 6.61 Å². The maximum Gasteiger partial charge on any atom is 0.145 e. The van der Waals surface area contributed by atoms with E-state index < -0.39 is 0 Å². The normalized spacial score (nSPS) is 14.7. The van der Waals surface area contributed by atoms with Crippen molar-refractivity contribution < 1.29 is 5.11 Å². The van der Waals surface area contributed by atoms with Gasteiger partial charge >= 0.3 is 0 Å². The fraction of sp³-hybridized carbons (Fsp3) is 0.636. The van der Waals surface area contributed by atoms with Crippen LogP contribution >= 0.6 is 0 Å². The third-order valence-electron chi connectivity index (χ3n) is 2.72. The van der Waals surface area contributed by atoms with E-state index >= 15 is 0 Å². The zero-order chi connectivity index (χ0) is 12.1. The van der Waals surface area contributed by atoms with Gasteiger partial charge in [0.15, 0.2) is 0 Å². The zero-order valence-corrected chi connectivity index (χ0v) is 9.82. The first kappa shape index (κ1) is 12.1. The van der Waals surface area contributed by atoms with E-state index in [1.807, 2.05) is 0 Å². The van der Waals surface area contributed by atoms with Crippen LogP contribution in [0.3, 0.4) is 0 Å². The number of hydrazine groups is 1. The monoisotopic (exact) mass is 237 g/mol. The number of aromatic nitrogens is 2. The minimum atomic E-state index is 0.231. The molecule has 0 saturated heterocycles. The number of nitrogens with two attached hydrogens (primary N) is 1. The summed E-state index contributed by atoms with van der Waals surface area (Å²) < 4.78 is 0. The van der Waals surface area contributed by atoms with Gasteiger partial charge in [0.1, 0.15) is 17.5 Å². The molecule has 0 radical (unpaired) electrons. The highest BCUT2D eigenvalue weighted by molar-refractivity contribution is 5.47. The van der Waals surface area contributed by atoms with Crippen molar-refractivity contribution in [3.63, 3.8) is 0 Å². The van der Waals surface area contributed by atoms with Gasteiger partial charge in [-0.25, -0.2) is 15.8 Å². The molecular weight excluding hydrogens is 218 g/mol. The van der Waals surface area contributed by atoms with Gasteiger partial charge in [-0.15, -0.1) is 0 Å². The largest absolute Gasteiger partial charge is 0.396 e. The highest BCUT2D eigenvalue weighted by Crippen LogP contribution is 2.38. The number of rotatable bonds is 7. The second-order valence-corrected chi connectivity index (χ2v) is 4.27. The average Bonchev–Trinajstić information content (AvgIpc) is 3.18. The molecule has 1 aliphatic rings. The van der Waals surface area contributed by atoms with Crippen LogP contribution in [0.1, 0.15) is 37.4 Å². The molecule has 1 heterocycles. The molecular formula is C11H19N5O. The van der Waals surface area contributed by atoms with E-state index in [1.165, 1.54) is 0 Å². The predicted molar refractivity (Wildman–Crippen MR) is 66.6 cm³/mol. The van der Waals surface area contributed by atoms with Crippen LogP contribution in [0, 0.1) is 0 Å². The molecule has 17 heavy (non-hydrogen) atoms. The van der Waals surface area contributed by atoms with Gasteiger partial charge in [0.2, 0.25) is 0 Å². The molecule has 0 aliphatic heterocycles. The molecule has 0 bridgehead atoms. The molecule has 2 rings (SSSR count). The van der Waals surface area contributed by atoms with Gasteiger partial charge in [-0.1, -0.05) is 0 Å². The minimum absolute atomic E-state index is 0.231. The number of unbranched alkanes of at least 4 members (excludes halogenated alkanes) is 1. The predicted octanol–water partition coefficient (Wildman–Crippen LogP) is 0.824. The summed E-state index contributed by atoms with van der Waals surface area (Å²) in [6.45, 7) is 1.03. The van der Waals surface area contributed by atoms with Gasteiger partial charge in [-0.3, -0.25) is 0 Å². The van der Waals surface area contributed by atoms with E-state index in [9.17, 15) is 0 Å². The summed E-state index contributed by atoms with van der Waals surface area (Å²) in [6.07, 6.45) is 4.05.